The summed E-state index contributed by atoms with van der Waals surface area (Å²) < 4.78 is 54.2. The minimum Gasteiger partial charge on any atom is -0.382 e. The van der Waals surface area contributed by atoms with Crippen molar-refractivity contribution in [1.82, 2.24) is 14.2 Å². The lowest BCUT2D eigenvalue weighted by Gasteiger charge is -2.30. The molecule has 0 amide bonds. The highest BCUT2D eigenvalue weighted by molar-refractivity contribution is 7.57. The van der Waals surface area contributed by atoms with Crippen molar-refractivity contribution in [3.8, 4) is 6.07 Å². The third-order valence-corrected chi connectivity index (χ3v) is 8.25. The van der Waals surface area contributed by atoms with Crippen LogP contribution in [-0.4, -0.2) is 87.8 Å². The number of rotatable bonds is 20. The lowest BCUT2D eigenvalue weighted by Crippen LogP contribution is -2.37. The van der Waals surface area contributed by atoms with Crippen molar-refractivity contribution < 1.29 is 36.9 Å². The van der Waals surface area contributed by atoms with Gasteiger partial charge in [-0.25, -0.2) is 9.46 Å². The van der Waals surface area contributed by atoms with E-state index in [4.69, 9.17) is 37.6 Å². The van der Waals surface area contributed by atoms with Gasteiger partial charge in [0, 0.05) is 45.5 Å². The van der Waals surface area contributed by atoms with Gasteiger partial charge in [0.25, 0.3) is 14.1 Å². The van der Waals surface area contributed by atoms with Crippen molar-refractivity contribution in [2.45, 2.75) is 38.6 Å². The van der Waals surface area contributed by atoms with Crippen LogP contribution in [0.1, 0.15) is 26.5 Å². The van der Waals surface area contributed by atoms with Crippen LogP contribution < -0.4 is 11.2 Å². The largest absolute Gasteiger partial charge is 0.382 e. The number of ether oxygens (including phenoxy) is 3. The average Bonchev–Trinajstić information content (AvgIpc) is 2.90. The second kappa shape index (κ2) is 18.5. The average molecular weight is 581 g/mol. The van der Waals surface area contributed by atoms with Crippen LogP contribution in [0.4, 0.5) is 0 Å². The van der Waals surface area contributed by atoms with Crippen LogP contribution in [0.3, 0.4) is 0 Å². The molecule has 16 heteroatoms. The summed E-state index contributed by atoms with van der Waals surface area (Å²) in [5, 5.41) is 8.86. The third-order valence-electron chi connectivity index (χ3n) is 4.95. The molecule has 1 N–H and O–H groups in total. The smallest absolute Gasteiger partial charge is 0.353 e. The minimum atomic E-state index is -3.55. The molecule has 0 spiro atoms. The number of nitriles is 1. The zero-order chi connectivity index (χ0) is 28.6. The standard InChI is InChI=1S/C22H38N4O10P2/c1-18(2)25(3)37(34-12-7-10-23)35-16-19(9-15-38(29,31-5)32-6)36-21(17-33-14-13-30-4)26-11-8-20(27)24-22(26)28/h8-9,11,15,18-19,21H,7,12-14,16-17H2,1-6H3,(H,24,27,28)/b15-9+/t19-,21-,37?/m1/s1. The fraction of sp³-hybridized carbons (Fsp3) is 0.682. The molecule has 0 aromatic carbocycles. The van der Waals surface area contributed by atoms with Crippen molar-refractivity contribution in [1.29, 1.82) is 5.26 Å². The Morgan fingerprint density at radius 1 is 1.16 bits per heavy atom. The van der Waals surface area contributed by atoms with E-state index >= 15 is 0 Å². The second-order valence-electron chi connectivity index (χ2n) is 7.90. The van der Waals surface area contributed by atoms with Crippen molar-refractivity contribution >= 4 is 16.1 Å². The first kappa shape index (κ1) is 34.3. The van der Waals surface area contributed by atoms with Crippen LogP contribution in [0.25, 0.3) is 0 Å². The second-order valence-corrected chi connectivity index (χ2v) is 11.6. The molecule has 0 aliphatic heterocycles. The molecule has 38 heavy (non-hydrogen) atoms. The van der Waals surface area contributed by atoms with Crippen molar-refractivity contribution in [2.24, 2.45) is 0 Å². The fourth-order valence-corrected chi connectivity index (χ4v) is 4.75. The maximum atomic E-state index is 12.6. The molecule has 0 aliphatic rings. The predicted octanol–water partition coefficient (Wildman–Crippen LogP) is 2.60. The summed E-state index contributed by atoms with van der Waals surface area (Å²) in [6.07, 6.45) is 1.01. The van der Waals surface area contributed by atoms with Crippen LogP contribution in [0, 0.1) is 11.3 Å². The molecule has 1 aromatic rings. The van der Waals surface area contributed by atoms with Gasteiger partial charge in [-0.05, 0) is 27.0 Å². The molecule has 0 aliphatic carbocycles. The lowest BCUT2D eigenvalue weighted by atomic mass is 10.3. The highest BCUT2D eigenvalue weighted by Crippen LogP contribution is 2.48. The lowest BCUT2D eigenvalue weighted by molar-refractivity contribution is -0.0967. The Kier molecular flexibility index (Phi) is 16.7. The van der Waals surface area contributed by atoms with Crippen LogP contribution in [-0.2, 0) is 36.9 Å². The highest BCUT2D eigenvalue weighted by Gasteiger charge is 2.26. The van der Waals surface area contributed by atoms with Crippen LogP contribution >= 0.6 is 16.1 Å². The Bertz CT molecular complexity index is 1030. The van der Waals surface area contributed by atoms with Gasteiger partial charge in [0.2, 0.25) is 0 Å². The molecular formula is C22H38N4O10P2. The van der Waals surface area contributed by atoms with Crippen molar-refractivity contribution in [2.75, 3.05) is 61.4 Å². The molecular weight excluding hydrogens is 542 g/mol. The van der Waals surface area contributed by atoms with Gasteiger partial charge in [-0.15, -0.1) is 0 Å². The molecule has 1 rings (SSSR count). The van der Waals surface area contributed by atoms with E-state index in [0.717, 1.165) is 4.57 Å². The van der Waals surface area contributed by atoms with Crippen molar-refractivity contribution in [3.63, 3.8) is 0 Å². The van der Waals surface area contributed by atoms with Gasteiger partial charge >= 0.3 is 13.3 Å². The first-order valence-corrected chi connectivity index (χ1v) is 14.4. The van der Waals surface area contributed by atoms with E-state index in [1.165, 1.54) is 45.5 Å². The van der Waals surface area contributed by atoms with Crippen LogP contribution in [0.2, 0.25) is 0 Å². The Morgan fingerprint density at radius 2 is 1.87 bits per heavy atom. The molecule has 1 heterocycles. The Balaban J connectivity index is 3.27. The normalized spacial score (nSPS) is 14.7. The number of H-pyrrole nitrogens is 1. The molecule has 0 radical (unpaired) electrons. The number of nitrogens with zero attached hydrogens (tertiary/aromatic N) is 3. The maximum absolute atomic E-state index is 12.6. The van der Waals surface area contributed by atoms with E-state index < -0.39 is 39.7 Å². The van der Waals surface area contributed by atoms with Gasteiger partial charge in [-0.1, -0.05) is 0 Å². The summed E-state index contributed by atoms with van der Waals surface area (Å²) >= 11 is 0. The van der Waals surface area contributed by atoms with Gasteiger partial charge < -0.3 is 32.3 Å². The first-order chi connectivity index (χ1) is 18.1. The number of methoxy groups -OCH3 is 1. The Hall–Kier alpha value is -1.75. The summed E-state index contributed by atoms with van der Waals surface area (Å²) in [6.45, 7) is 4.47. The zero-order valence-electron chi connectivity index (χ0n) is 22.6. The summed E-state index contributed by atoms with van der Waals surface area (Å²) in [6, 6.07) is 3.27. The van der Waals surface area contributed by atoms with Gasteiger partial charge in [0.15, 0.2) is 6.23 Å². The van der Waals surface area contributed by atoms with Gasteiger partial charge in [0.1, 0.15) is 6.10 Å². The van der Waals surface area contributed by atoms with E-state index in [1.807, 2.05) is 31.6 Å². The monoisotopic (exact) mass is 580 g/mol. The third kappa shape index (κ3) is 12.4. The summed E-state index contributed by atoms with van der Waals surface area (Å²) in [5.74, 6) is 1.23. The van der Waals surface area contributed by atoms with E-state index in [9.17, 15) is 14.2 Å². The molecule has 1 unspecified atom stereocenters. The van der Waals surface area contributed by atoms with E-state index in [0.29, 0.717) is 6.61 Å². The number of hydrogen-bond acceptors (Lipinski definition) is 12. The van der Waals surface area contributed by atoms with E-state index in [-0.39, 0.29) is 38.9 Å². The molecule has 14 nitrogen and oxygen atoms in total. The summed E-state index contributed by atoms with van der Waals surface area (Å²) in [4.78, 5) is 26.3. The summed E-state index contributed by atoms with van der Waals surface area (Å²) in [5.41, 5.74) is -1.27. The number of hydrogen-bond donors (Lipinski definition) is 1. The molecule has 3 atom stereocenters. The maximum Gasteiger partial charge on any atom is 0.353 e. The summed E-state index contributed by atoms with van der Waals surface area (Å²) in [7, 11) is 0.698. The van der Waals surface area contributed by atoms with Gasteiger partial charge in [-0.2, -0.15) is 5.26 Å². The van der Waals surface area contributed by atoms with Crippen LogP contribution in [0.15, 0.2) is 33.7 Å². The topological polar surface area (TPSA) is 164 Å². The van der Waals surface area contributed by atoms with Crippen LogP contribution in [0.5, 0.6) is 0 Å². The molecule has 1 aromatic heterocycles. The van der Waals surface area contributed by atoms with Gasteiger partial charge in [0.05, 0.1) is 45.5 Å². The fourth-order valence-electron chi connectivity index (χ4n) is 2.62. The van der Waals surface area contributed by atoms with Gasteiger partial charge in [-0.3, -0.25) is 18.9 Å². The number of aromatic nitrogens is 2. The predicted molar refractivity (Wildman–Crippen MR) is 141 cm³/mol. The quantitative estimate of drug-likeness (QED) is 0.177. The number of aromatic amines is 1. The molecule has 0 saturated heterocycles. The molecule has 0 bridgehead atoms. The molecule has 0 saturated carbocycles. The minimum absolute atomic E-state index is 0.0713. The first-order valence-electron chi connectivity index (χ1n) is 11.7. The number of nitrogens with one attached hydrogen (secondary N) is 1. The highest BCUT2D eigenvalue weighted by atomic mass is 31.2. The van der Waals surface area contributed by atoms with E-state index in [2.05, 4.69) is 4.98 Å². The SMILES string of the molecule is COCCOC[C@@H](O[C@H](/C=C/P(=O)(OC)OC)COP(OCCC#N)N(C)C(C)C)n1ccc(=O)[nH]c1=O. The van der Waals surface area contributed by atoms with Crippen molar-refractivity contribution in [3.05, 3.63) is 45.0 Å². The van der Waals surface area contributed by atoms with E-state index in [1.54, 1.807) is 0 Å². The molecule has 0 fully saturated rings. The Labute approximate surface area is 223 Å². The Morgan fingerprint density at radius 3 is 2.45 bits per heavy atom. The molecule has 216 valence electrons. The zero-order valence-corrected chi connectivity index (χ0v) is 24.4.